The minimum Gasteiger partial charge on any atom is -0.135 e. The zero-order chi connectivity index (χ0) is 40.6. The molecule has 10 aromatic carbocycles. The maximum Gasteiger partial charge on any atom is 0.0434 e. The van der Waals surface area contributed by atoms with Crippen LogP contribution in [0.25, 0.3) is 117 Å². The van der Waals surface area contributed by atoms with Gasteiger partial charge in [-0.3, -0.25) is 0 Å². The molecule has 12 aromatic rings. The number of thiophene rings is 2. The summed E-state index contributed by atoms with van der Waals surface area (Å²) in [4.78, 5) is 0. The summed E-state index contributed by atoms with van der Waals surface area (Å²) in [5, 5.41) is 13.5. The average Bonchev–Trinajstić information content (AvgIpc) is 3.81. The molecule has 60 heavy (non-hydrogen) atoms. The van der Waals surface area contributed by atoms with E-state index in [9.17, 15) is 0 Å². The first-order valence-corrected chi connectivity index (χ1v) is 22.6. The summed E-state index contributed by atoms with van der Waals surface area (Å²) in [6.45, 7) is 13.5. The highest BCUT2D eigenvalue weighted by atomic mass is 32.1. The van der Waals surface area contributed by atoms with E-state index in [1.54, 1.807) is 0 Å². The fourth-order valence-electron chi connectivity index (χ4n) is 10.3. The highest BCUT2D eigenvalue weighted by molar-refractivity contribution is 7.27. The van der Waals surface area contributed by atoms with Crippen molar-refractivity contribution in [2.24, 2.45) is 0 Å². The van der Waals surface area contributed by atoms with Crippen LogP contribution in [0.2, 0.25) is 0 Å². The summed E-state index contributed by atoms with van der Waals surface area (Å²) in [5.74, 6) is 0. The lowest BCUT2D eigenvalue weighted by Crippen LogP contribution is -1.95. The molecule has 2 aromatic heterocycles. The molecule has 0 amide bonds. The van der Waals surface area contributed by atoms with Gasteiger partial charge in [-0.05, 0) is 178 Å². The standard InChI is InChI=1S/C58H42S2/c1-31-13-17-37(18-14-31)39-21-23-51-41(25-39)47-27-45-43(53-33(3)9-7-10-34(53)4)30-50-56-46(44(29-49(55(45)56)57(47)59-51)54-35(5)11-8-12-36(54)6)28-48-42-26-40(22-24-52(42)60-58(48)50)38-19-15-32(2)16-20-38/h7-30H,1-6H3. The molecule has 0 radical (unpaired) electrons. The van der Waals surface area contributed by atoms with E-state index < -0.39 is 0 Å². The molecule has 0 saturated heterocycles. The second kappa shape index (κ2) is 13.1. The van der Waals surface area contributed by atoms with Gasteiger partial charge in [-0.25, -0.2) is 0 Å². The molecule has 0 aliphatic carbocycles. The number of benzene rings is 10. The first-order chi connectivity index (χ1) is 29.2. The Balaban J connectivity index is 1.28. The lowest BCUT2D eigenvalue weighted by molar-refractivity contribution is 1.39. The van der Waals surface area contributed by atoms with Crippen LogP contribution >= 0.6 is 22.7 Å². The first-order valence-electron chi connectivity index (χ1n) is 21.0. The molecule has 0 saturated carbocycles. The molecule has 2 heteroatoms. The van der Waals surface area contributed by atoms with E-state index in [0.29, 0.717) is 0 Å². The van der Waals surface area contributed by atoms with Crippen LogP contribution < -0.4 is 0 Å². The van der Waals surface area contributed by atoms with Crippen molar-refractivity contribution < 1.29 is 0 Å². The van der Waals surface area contributed by atoms with Gasteiger partial charge in [-0.2, -0.15) is 0 Å². The van der Waals surface area contributed by atoms with E-state index in [1.807, 2.05) is 22.7 Å². The molecule has 0 spiro atoms. The summed E-state index contributed by atoms with van der Waals surface area (Å²) < 4.78 is 5.39. The Bertz CT molecular complexity index is 3450. The fraction of sp³-hybridized carbons (Fsp3) is 0.103. The third-order valence-corrected chi connectivity index (χ3v) is 15.7. The minimum absolute atomic E-state index is 1.26. The van der Waals surface area contributed by atoms with Gasteiger partial charge < -0.3 is 0 Å². The van der Waals surface area contributed by atoms with Gasteiger partial charge in [-0.15, -0.1) is 22.7 Å². The summed E-state index contributed by atoms with van der Waals surface area (Å²) in [5.41, 5.74) is 18.2. The van der Waals surface area contributed by atoms with Gasteiger partial charge in [-0.1, -0.05) is 108 Å². The molecule has 0 atom stereocenters. The van der Waals surface area contributed by atoms with Crippen LogP contribution in [0.1, 0.15) is 33.4 Å². The van der Waals surface area contributed by atoms with Gasteiger partial charge >= 0.3 is 0 Å². The fourth-order valence-corrected chi connectivity index (χ4v) is 12.7. The number of hydrogen-bond donors (Lipinski definition) is 0. The third kappa shape index (κ3) is 5.21. The van der Waals surface area contributed by atoms with Crippen LogP contribution in [0.3, 0.4) is 0 Å². The predicted octanol–water partition coefficient (Wildman–Crippen LogP) is 17.8. The van der Waals surface area contributed by atoms with Crippen LogP contribution in [0, 0.1) is 41.5 Å². The maximum atomic E-state index is 2.57. The molecule has 0 bridgehead atoms. The Hall–Kier alpha value is -6.32. The number of rotatable bonds is 4. The van der Waals surface area contributed by atoms with E-state index in [1.165, 1.54) is 151 Å². The summed E-state index contributed by atoms with van der Waals surface area (Å²) in [6.07, 6.45) is 0. The van der Waals surface area contributed by atoms with Crippen molar-refractivity contribution in [2.45, 2.75) is 41.5 Å². The summed E-state index contributed by atoms with van der Waals surface area (Å²) in [7, 11) is 0. The Labute approximate surface area is 358 Å². The molecule has 0 fully saturated rings. The SMILES string of the molecule is Cc1ccc(-c2ccc3sc4c(cc5c(-c6c(C)cccc6C)cc6c7sc8ccc(-c9ccc(C)cc9)cc8c7cc7c(-c8c(C)cccc8C)cc4c5c76)c3c2)cc1. The molecule has 0 aliphatic rings. The second-order valence-electron chi connectivity index (χ2n) is 17.2. The number of fused-ring (bicyclic) bond motifs is 8. The Morgan fingerprint density at radius 3 is 1.05 bits per heavy atom. The summed E-state index contributed by atoms with van der Waals surface area (Å²) >= 11 is 3.90. The molecule has 0 aliphatic heterocycles. The predicted molar refractivity (Wildman–Crippen MR) is 266 cm³/mol. The summed E-state index contributed by atoms with van der Waals surface area (Å²) in [6, 6.07) is 55.9. The molecule has 2 heterocycles. The van der Waals surface area contributed by atoms with Crippen LogP contribution in [0.4, 0.5) is 0 Å². The molecule has 12 rings (SSSR count). The number of aryl methyl sites for hydroxylation is 6. The van der Waals surface area contributed by atoms with Gasteiger partial charge in [0, 0.05) is 51.1 Å². The quantitative estimate of drug-likeness (QED) is 0.156. The van der Waals surface area contributed by atoms with Gasteiger partial charge in [0.25, 0.3) is 0 Å². The van der Waals surface area contributed by atoms with Crippen molar-refractivity contribution in [1.29, 1.82) is 0 Å². The lowest BCUT2D eigenvalue weighted by atomic mass is 9.82. The van der Waals surface area contributed by atoms with Crippen molar-refractivity contribution in [1.82, 2.24) is 0 Å². The van der Waals surface area contributed by atoms with Gasteiger partial charge in [0.1, 0.15) is 0 Å². The topological polar surface area (TPSA) is 0 Å². The molecular formula is C58H42S2. The Morgan fingerprint density at radius 1 is 0.300 bits per heavy atom. The molecular weight excluding hydrogens is 761 g/mol. The van der Waals surface area contributed by atoms with Gasteiger partial charge in [0.15, 0.2) is 0 Å². The third-order valence-electron chi connectivity index (χ3n) is 13.3. The monoisotopic (exact) mass is 802 g/mol. The Morgan fingerprint density at radius 2 is 0.667 bits per heavy atom. The second-order valence-corrected chi connectivity index (χ2v) is 19.3. The van der Waals surface area contributed by atoms with Gasteiger partial charge in [0.05, 0.1) is 0 Å². The molecule has 0 nitrogen and oxygen atoms in total. The zero-order valence-corrected chi connectivity index (χ0v) is 36.3. The van der Waals surface area contributed by atoms with Crippen molar-refractivity contribution in [3.05, 3.63) is 179 Å². The first kappa shape index (κ1) is 35.6. The molecule has 0 N–H and O–H groups in total. The van der Waals surface area contributed by atoms with E-state index in [2.05, 4.69) is 187 Å². The highest BCUT2D eigenvalue weighted by Crippen LogP contribution is 2.54. The lowest BCUT2D eigenvalue weighted by Gasteiger charge is -2.22. The van der Waals surface area contributed by atoms with Crippen molar-refractivity contribution in [3.63, 3.8) is 0 Å². The van der Waals surface area contributed by atoms with E-state index >= 15 is 0 Å². The van der Waals surface area contributed by atoms with Crippen LogP contribution in [0.5, 0.6) is 0 Å². The largest absolute Gasteiger partial charge is 0.135 e. The molecule has 286 valence electrons. The van der Waals surface area contributed by atoms with Crippen molar-refractivity contribution in [2.75, 3.05) is 0 Å². The van der Waals surface area contributed by atoms with Crippen molar-refractivity contribution >= 4 is 95.3 Å². The molecule has 0 unspecified atom stereocenters. The number of hydrogen-bond acceptors (Lipinski definition) is 2. The Kier molecular flexibility index (Phi) is 7.77. The van der Waals surface area contributed by atoms with E-state index in [4.69, 9.17) is 0 Å². The smallest absolute Gasteiger partial charge is 0.0434 e. The zero-order valence-electron chi connectivity index (χ0n) is 34.7. The average molecular weight is 803 g/mol. The van der Waals surface area contributed by atoms with Gasteiger partial charge in [0.2, 0.25) is 0 Å². The van der Waals surface area contributed by atoms with Crippen LogP contribution in [0.15, 0.2) is 146 Å². The normalized spacial score (nSPS) is 12.2. The minimum atomic E-state index is 1.26. The highest BCUT2D eigenvalue weighted by Gasteiger charge is 2.25. The van der Waals surface area contributed by atoms with Crippen molar-refractivity contribution in [3.8, 4) is 44.5 Å². The maximum absolute atomic E-state index is 2.57. The van der Waals surface area contributed by atoms with E-state index in [-0.39, 0.29) is 0 Å². The van der Waals surface area contributed by atoms with Crippen LogP contribution in [-0.2, 0) is 0 Å². The van der Waals surface area contributed by atoms with Crippen LogP contribution in [-0.4, -0.2) is 0 Å². The van der Waals surface area contributed by atoms with E-state index in [0.717, 1.165) is 0 Å².